The maximum absolute atomic E-state index is 11.1. The maximum atomic E-state index is 11.1. The number of nitriles is 1. The van der Waals surface area contributed by atoms with Gasteiger partial charge in [-0.15, -0.1) is 0 Å². The van der Waals surface area contributed by atoms with E-state index in [-0.39, 0.29) is 12.1 Å². The van der Waals surface area contributed by atoms with E-state index in [1.807, 2.05) is 36.4 Å². The zero-order chi connectivity index (χ0) is 16.1. The van der Waals surface area contributed by atoms with Crippen molar-refractivity contribution < 1.29 is 9.66 Å². The first-order chi connectivity index (χ1) is 10.5. The Bertz CT molecular complexity index is 734. The normalized spacial score (nSPS) is 10.0. The van der Waals surface area contributed by atoms with Crippen molar-refractivity contribution in [3.8, 4) is 11.8 Å². The lowest BCUT2D eigenvalue weighted by molar-refractivity contribution is -0.385. The Balaban J connectivity index is 2.37. The van der Waals surface area contributed by atoms with Crippen LogP contribution < -0.4 is 4.74 Å². The number of rotatable bonds is 5. The molecule has 5 nitrogen and oxygen atoms in total. The number of hydrogen-bond acceptors (Lipinski definition) is 4. The van der Waals surface area contributed by atoms with Gasteiger partial charge in [0.15, 0.2) is 0 Å². The largest absolute Gasteiger partial charge is 0.488 e. The Kier molecular flexibility index (Phi) is 4.74. The van der Waals surface area contributed by atoms with Crippen LogP contribution in [0.15, 0.2) is 36.4 Å². The third-order valence-corrected chi connectivity index (χ3v) is 3.49. The molecular formula is C17H16N2O3. The summed E-state index contributed by atoms with van der Waals surface area (Å²) in [6, 6.07) is 13.1. The van der Waals surface area contributed by atoms with Crippen LogP contribution in [0, 0.1) is 35.3 Å². The van der Waals surface area contributed by atoms with Crippen molar-refractivity contribution in [1.82, 2.24) is 0 Å². The van der Waals surface area contributed by atoms with Crippen LogP contribution in [0.4, 0.5) is 5.69 Å². The van der Waals surface area contributed by atoms with Crippen LogP contribution in [0.3, 0.4) is 0 Å². The Morgan fingerprint density at radius 1 is 1.27 bits per heavy atom. The standard InChI is InChI=1S/C17H16N2O3/c1-12-10-16(19(20)21)15(8-9-18)13(2)17(12)22-11-14-6-4-3-5-7-14/h3-7,10H,8,11H2,1-2H3. The second-order valence-electron chi connectivity index (χ2n) is 5.01. The van der Waals surface area contributed by atoms with Gasteiger partial charge >= 0.3 is 0 Å². The van der Waals surface area contributed by atoms with E-state index in [1.165, 1.54) is 6.07 Å². The molecule has 0 aliphatic heterocycles. The van der Waals surface area contributed by atoms with E-state index in [2.05, 4.69) is 0 Å². The summed E-state index contributed by atoms with van der Waals surface area (Å²) >= 11 is 0. The van der Waals surface area contributed by atoms with E-state index in [0.29, 0.717) is 29.0 Å². The fourth-order valence-corrected chi connectivity index (χ4v) is 2.40. The molecule has 5 heteroatoms. The molecule has 0 radical (unpaired) electrons. The molecule has 2 aromatic carbocycles. The lowest BCUT2D eigenvalue weighted by atomic mass is 9.99. The smallest absolute Gasteiger partial charge is 0.274 e. The second-order valence-corrected chi connectivity index (χ2v) is 5.01. The van der Waals surface area contributed by atoms with Gasteiger partial charge in [0.1, 0.15) is 12.4 Å². The third kappa shape index (κ3) is 3.23. The van der Waals surface area contributed by atoms with Crippen LogP contribution in [-0.4, -0.2) is 4.92 Å². The summed E-state index contributed by atoms with van der Waals surface area (Å²) in [5, 5.41) is 20.1. The van der Waals surface area contributed by atoms with E-state index >= 15 is 0 Å². The average molecular weight is 296 g/mol. The van der Waals surface area contributed by atoms with Crippen LogP contribution in [-0.2, 0) is 13.0 Å². The highest BCUT2D eigenvalue weighted by Gasteiger charge is 2.21. The van der Waals surface area contributed by atoms with Crippen molar-refractivity contribution in [3.63, 3.8) is 0 Å². The van der Waals surface area contributed by atoms with Crippen LogP contribution >= 0.6 is 0 Å². The minimum atomic E-state index is -0.451. The van der Waals surface area contributed by atoms with Crippen molar-refractivity contribution in [3.05, 3.63) is 68.8 Å². The van der Waals surface area contributed by atoms with Crippen molar-refractivity contribution in [2.24, 2.45) is 0 Å². The van der Waals surface area contributed by atoms with E-state index in [4.69, 9.17) is 10.00 Å². The highest BCUT2D eigenvalue weighted by molar-refractivity contribution is 5.57. The number of hydrogen-bond donors (Lipinski definition) is 0. The Morgan fingerprint density at radius 3 is 2.55 bits per heavy atom. The summed E-state index contributed by atoms with van der Waals surface area (Å²) in [5.74, 6) is 0.611. The topological polar surface area (TPSA) is 76.2 Å². The number of ether oxygens (including phenoxy) is 1. The molecule has 112 valence electrons. The Hall–Kier alpha value is -2.87. The molecule has 0 atom stereocenters. The van der Waals surface area contributed by atoms with Crippen LogP contribution in [0.25, 0.3) is 0 Å². The summed E-state index contributed by atoms with van der Waals surface area (Å²) in [6.07, 6.45) is -0.00980. The number of benzene rings is 2. The lowest BCUT2D eigenvalue weighted by Crippen LogP contribution is -2.04. The summed E-state index contributed by atoms with van der Waals surface area (Å²) in [4.78, 5) is 10.7. The van der Waals surface area contributed by atoms with E-state index < -0.39 is 4.92 Å². The minimum Gasteiger partial charge on any atom is -0.488 e. The van der Waals surface area contributed by atoms with E-state index in [9.17, 15) is 10.1 Å². The zero-order valence-corrected chi connectivity index (χ0v) is 12.5. The second kappa shape index (κ2) is 6.72. The van der Waals surface area contributed by atoms with Gasteiger partial charge in [-0.05, 0) is 25.0 Å². The molecule has 0 saturated heterocycles. The average Bonchev–Trinajstić information content (AvgIpc) is 2.50. The van der Waals surface area contributed by atoms with Crippen LogP contribution in [0.1, 0.15) is 22.3 Å². The third-order valence-electron chi connectivity index (χ3n) is 3.49. The van der Waals surface area contributed by atoms with Gasteiger partial charge in [-0.3, -0.25) is 10.1 Å². The van der Waals surface area contributed by atoms with Crippen molar-refractivity contribution in [1.29, 1.82) is 5.26 Å². The molecule has 0 N–H and O–H groups in total. The number of nitrogens with zero attached hydrogens (tertiary/aromatic N) is 2. The van der Waals surface area contributed by atoms with Gasteiger partial charge in [0.2, 0.25) is 0 Å². The van der Waals surface area contributed by atoms with E-state index in [0.717, 1.165) is 5.56 Å². The number of aryl methyl sites for hydroxylation is 1. The fraction of sp³-hybridized carbons (Fsp3) is 0.235. The zero-order valence-electron chi connectivity index (χ0n) is 12.5. The quantitative estimate of drug-likeness (QED) is 0.620. The van der Waals surface area contributed by atoms with Gasteiger partial charge in [0.05, 0.1) is 23.0 Å². The van der Waals surface area contributed by atoms with Gasteiger partial charge < -0.3 is 4.74 Å². The summed E-state index contributed by atoms with van der Waals surface area (Å²) in [5.41, 5.74) is 2.76. The van der Waals surface area contributed by atoms with Crippen molar-refractivity contribution >= 4 is 5.69 Å². The first-order valence-corrected chi connectivity index (χ1v) is 6.85. The molecule has 0 saturated carbocycles. The SMILES string of the molecule is Cc1cc([N+](=O)[O-])c(CC#N)c(C)c1OCc1ccccc1. The molecule has 2 aromatic rings. The monoisotopic (exact) mass is 296 g/mol. The molecule has 0 amide bonds. The van der Waals surface area contributed by atoms with Gasteiger partial charge in [-0.1, -0.05) is 30.3 Å². The lowest BCUT2D eigenvalue weighted by Gasteiger charge is -2.15. The summed E-state index contributed by atoms with van der Waals surface area (Å²) < 4.78 is 5.84. The molecule has 22 heavy (non-hydrogen) atoms. The van der Waals surface area contributed by atoms with Crippen LogP contribution in [0.2, 0.25) is 0 Å². The van der Waals surface area contributed by atoms with Crippen molar-refractivity contribution in [2.45, 2.75) is 26.9 Å². The molecule has 0 heterocycles. The summed E-state index contributed by atoms with van der Waals surface area (Å²) in [7, 11) is 0. The molecule has 0 aliphatic rings. The first kappa shape index (κ1) is 15.5. The molecule has 0 bridgehead atoms. The number of nitro groups is 1. The van der Waals surface area contributed by atoms with Crippen molar-refractivity contribution in [2.75, 3.05) is 0 Å². The highest BCUT2D eigenvalue weighted by Crippen LogP contribution is 2.34. The predicted octanol–water partition coefficient (Wildman–Crippen LogP) is 3.86. The predicted molar refractivity (Wildman–Crippen MR) is 82.7 cm³/mol. The van der Waals surface area contributed by atoms with Gasteiger partial charge in [0.25, 0.3) is 5.69 Å². The molecular weight excluding hydrogens is 280 g/mol. The summed E-state index contributed by atoms with van der Waals surface area (Å²) in [6.45, 7) is 3.91. The fourth-order valence-electron chi connectivity index (χ4n) is 2.40. The molecule has 0 fully saturated rings. The van der Waals surface area contributed by atoms with Gasteiger partial charge in [0, 0.05) is 11.6 Å². The Morgan fingerprint density at radius 2 is 1.95 bits per heavy atom. The minimum absolute atomic E-state index is 0.00980. The number of nitro benzene ring substituents is 1. The van der Waals surface area contributed by atoms with E-state index in [1.54, 1.807) is 13.8 Å². The van der Waals surface area contributed by atoms with Gasteiger partial charge in [-0.2, -0.15) is 5.26 Å². The van der Waals surface area contributed by atoms with Crippen LogP contribution in [0.5, 0.6) is 5.75 Å². The first-order valence-electron chi connectivity index (χ1n) is 6.85. The molecule has 0 aliphatic carbocycles. The molecule has 0 unspecified atom stereocenters. The molecule has 2 rings (SSSR count). The highest BCUT2D eigenvalue weighted by atomic mass is 16.6. The molecule has 0 aromatic heterocycles. The Labute approximate surface area is 128 Å². The molecule has 0 spiro atoms. The maximum Gasteiger partial charge on any atom is 0.274 e. The van der Waals surface area contributed by atoms with Gasteiger partial charge in [-0.25, -0.2) is 0 Å².